The Kier molecular flexibility index (Phi) is 2.84. The van der Waals surface area contributed by atoms with Crippen LogP contribution in [0.2, 0.25) is 0 Å². The van der Waals surface area contributed by atoms with Crippen LogP contribution in [0.15, 0.2) is 17.5 Å². The van der Waals surface area contributed by atoms with E-state index in [1.807, 2.05) is 17.5 Å². The highest BCUT2D eigenvalue weighted by molar-refractivity contribution is 7.12. The van der Waals surface area contributed by atoms with Crippen molar-refractivity contribution in [3.05, 3.63) is 22.4 Å². The molecule has 3 N–H and O–H groups in total. The lowest BCUT2D eigenvalue weighted by atomic mass is 10.2. The van der Waals surface area contributed by atoms with Crippen LogP contribution in [-0.4, -0.2) is 18.5 Å². The van der Waals surface area contributed by atoms with Gasteiger partial charge in [0.15, 0.2) is 0 Å². The molecule has 0 aromatic carbocycles. The monoisotopic (exact) mass is 210 g/mol. The molecule has 0 spiro atoms. The molecular formula is C10H14N2OS. The summed E-state index contributed by atoms with van der Waals surface area (Å²) in [6, 6.07) is 3.84. The maximum Gasteiger partial charge on any atom is 0.261 e. The third-order valence-electron chi connectivity index (χ3n) is 2.47. The zero-order valence-electron chi connectivity index (χ0n) is 7.90. The highest BCUT2D eigenvalue weighted by atomic mass is 32.1. The fraction of sp³-hybridized carbons (Fsp3) is 0.500. The summed E-state index contributed by atoms with van der Waals surface area (Å²) in [5, 5.41) is 4.75. The lowest BCUT2D eigenvalue weighted by Crippen LogP contribution is -2.38. The van der Waals surface area contributed by atoms with Gasteiger partial charge in [-0.1, -0.05) is 6.07 Å². The predicted molar refractivity (Wildman–Crippen MR) is 57.4 cm³/mol. The minimum Gasteiger partial charge on any atom is -0.350 e. The summed E-state index contributed by atoms with van der Waals surface area (Å²) >= 11 is 1.45. The molecule has 0 bridgehead atoms. The largest absolute Gasteiger partial charge is 0.350 e. The van der Waals surface area contributed by atoms with Gasteiger partial charge in [0.05, 0.1) is 4.88 Å². The lowest BCUT2D eigenvalue weighted by molar-refractivity contribution is 0.0954. The maximum atomic E-state index is 11.5. The standard InChI is InChI=1S/C10H14N2OS/c11-8(7-3-4-7)6-12-10(13)9-2-1-5-14-9/h1-2,5,7-8H,3-4,6,11H2,(H,12,13). The SMILES string of the molecule is NC(CNC(=O)c1cccs1)C1CC1. The second kappa shape index (κ2) is 4.11. The fourth-order valence-corrected chi connectivity index (χ4v) is 2.04. The van der Waals surface area contributed by atoms with E-state index < -0.39 is 0 Å². The summed E-state index contributed by atoms with van der Waals surface area (Å²) in [6.07, 6.45) is 2.44. The Hall–Kier alpha value is -0.870. The zero-order valence-corrected chi connectivity index (χ0v) is 8.72. The zero-order chi connectivity index (χ0) is 9.97. The van der Waals surface area contributed by atoms with Crippen LogP contribution in [0.4, 0.5) is 0 Å². The summed E-state index contributed by atoms with van der Waals surface area (Å²) in [5.74, 6) is 0.634. The van der Waals surface area contributed by atoms with E-state index in [-0.39, 0.29) is 11.9 Å². The molecule has 1 aromatic rings. The van der Waals surface area contributed by atoms with Crippen LogP contribution in [0.1, 0.15) is 22.5 Å². The van der Waals surface area contributed by atoms with E-state index in [0.29, 0.717) is 12.5 Å². The number of carbonyl (C=O) groups excluding carboxylic acids is 1. The second-order valence-electron chi connectivity index (χ2n) is 3.69. The smallest absolute Gasteiger partial charge is 0.261 e. The Morgan fingerprint density at radius 3 is 3.07 bits per heavy atom. The maximum absolute atomic E-state index is 11.5. The molecule has 0 radical (unpaired) electrons. The highest BCUT2D eigenvalue weighted by Crippen LogP contribution is 2.31. The number of thiophene rings is 1. The van der Waals surface area contributed by atoms with Crippen molar-refractivity contribution in [3.8, 4) is 0 Å². The number of rotatable bonds is 4. The minimum absolute atomic E-state index is 0.00361. The van der Waals surface area contributed by atoms with Gasteiger partial charge in [-0.3, -0.25) is 4.79 Å². The first-order valence-electron chi connectivity index (χ1n) is 4.84. The van der Waals surface area contributed by atoms with Gasteiger partial charge in [-0.15, -0.1) is 11.3 Å². The molecule has 1 saturated carbocycles. The second-order valence-corrected chi connectivity index (χ2v) is 4.64. The van der Waals surface area contributed by atoms with Gasteiger partial charge in [-0.05, 0) is 30.2 Å². The van der Waals surface area contributed by atoms with Crippen LogP contribution >= 0.6 is 11.3 Å². The molecule has 1 amide bonds. The van der Waals surface area contributed by atoms with Gasteiger partial charge in [0.1, 0.15) is 0 Å². The summed E-state index contributed by atoms with van der Waals surface area (Å²) in [5.41, 5.74) is 5.87. The molecule has 76 valence electrons. The van der Waals surface area contributed by atoms with E-state index in [1.54, 1.807) is 0 Å². The van der Waals surface area contributed by atoms with Gasteiger partial charge in [0.25, 0.3) is 5.91 Å². The van der Waals surface area contributed by atoms with Crippen LogP contribution in [0.5, 0.6) is 0 Å². The summed E-state index contributed by atoms with van der Waals surface area (Å²) in [4.78, 5) is 12.3. The summed E-state index contributed by atoms with van der Waals surface area (Å²) in [6.45, 7) is 0.599. The average Bonchev–Trinajstić information content (AvgIpc) is 2.90. The quantitative estimate of drug-likeness (QED) is 0.785. The van der Waals surface area contributed by atoms with E-state index >= 15 is 0 Å². The third-order valence-corrected chi connectivity index (χ3v) is 3.34. The van der Waals surface area contributed by atoms with Crippen molar-refractivity contribution < 1.29 is 4.79 Å². The van der Waals surface area contributed by atoms with E-state index in [4.69, 9.17) is 5.73 Å². The molecule has 3 nitrogen and oxygen atoms in total. The normalized spacial score (nSPS) is 17.8. The Labute approximate surface area is 87.3 Å². The van der Waals surface area contributed by atoms with Crippen molar-refractivity contribution in [2.75, 3.05) is 6.54 Å². The number of hydrogen-bond acceptors (Lipinski definition) is 3. The van der Waals surface area contributed by atoms with Crippen LogP contribution in [0.3, 0.4) is 0 Å². The van der Waals surface area contributed by atoms with E-state index in [0.717, 1.165) is 4.88 Å². The summed E-state index contributed by atoms with van der Waals surface area (Å²) in [7, 11) is 0. The first-order valence-corrected chi connectivity index (χ1v) is 5.72. The summed E-state index contributed by atoms with van der Waals surface area (Å²) < 4.78 is 0. The molecule has 1 aliphatic carbocycles. The molecule has 14 heavy (non-hydrogen) atoms. The molecule has 1 aliphatic rings. The number of nitrogens with one attached hydrogen (secondary N) is 1. The van der Waals surface area contributed by atoms with E-state index in [1.165, 1.54) is 24.2 Å². The molecule has 4 heteroatoms. The molecule has 1 unspecified atom stereocenters. The highest BCUT2D eigenvalue weighted by Gasteiger charge is 2.28. The topological polar surface area (TPSA) is 55.1 Å². The fourth-order valence-electron chi connectivity index (χ4n) is 1.40. The minimum atomic E-state index is -0.00361. The predicted octanol–water partition coefficient (Wildman–Crippen LogP) is 1.22. The molecule has 1 aromatic heterocycles. The van der Waals surface area contributed by atoms with E-state index in [9.17, 15) is 4.79 Å². The van der Waals surface area contributed by atoms with Crippen molar-refractivity contribution >= 4 is 17.2 Å². The van der Waals surface area contributed by atoms with Gasteiger partial charge >= 0.3 is 0 Å². The number of nitrogens with two attached hydrogens (primary N) is 1. The first-order chi connectivity index (χ1) is 6.77. The average molecular weight is 210 g/mol. The van der Waals surface area contributed by atoms with Crippen LogP contribution < -0.4 is 11.1 Å². The molecule has 1 heterocycles. The van der Waals surface area contributed by atoms with Crippen molar-refractivity contribution in [1.29, 1.82) is 0 Å². The molecular weight excluding hydrogens is 196 g/mol. The van der Waals surface area contributed by atoms with Gasteiger partial charge in [-0.25, -0.2) is 0 Å². The van der Waals surface area contributed by atoms with Crippen LogP contribution in [0.25, 0.3) is 0 Å². The molecule has 1 fully saturated rings. The lowest BCUT2D eigenvalue weighted by Gasteiger charge is -2.10. The van der Waals surface area contributed by atoms with Gasteiger partial charge in [-0.2, -0.15) is 0 Å². The molecule has 2 rings (SSSR count). The molecule has 0 saturated heterocycles. The van der Waals surface area contributed by atoms with Crippen molar-refractivity contribution in [2.45, 2.75) is 18.9 Å². The number of carbonyl (C=O) groups is 1. The van der Waals surface area contributed by atoms with Gasteiger partial charge < -0.3 is 11.1 Å². The number of amides is 1. The van der Waals surface area contributed by atoms with Crippen molar-refractivity contribution in [1.82, 2.24) is 5.32 Å². The Balaban J connectivity index is 1.77. The number of hydrogen-bond donors (Lipinski definition) is 2. The van der Waals surface area contributed by atoms with Gasteiger partial charge in [0.2, 0.25) is 0 Å². The van der Waals surface area contributed by atoms with Crippen molar-refractivity contribution in [3.63, 3.8) is 0 Å². The third kappa shape index (κ3) is 2.33. The molecule has 0 aliphatic heterocycles. The van der Waals surface area contributed by atoms with Crippen LogP contribution in [-0.2, 0) is 0 Å². The Morgan fingerprint density at radius 1 is 1.71 bits per heavy atom. The van der Waals surface area contributed by atoms with Gasteiger partial charge in [0, 0.05) is 12.6 Å². The Bertz CT molecular complexity index is 306. The first kappa shape index (κ1) is 9.68. The Morgan fingerprint density at radius 2 is 2.50 bits per heavy atom. The van der Waals surface area contributed by atoms with Crippen molar-refractivity contribution in [2.24, 2.45) is 11.7 Å². The molecule has 1 atom stereocenters. The van der Waals surface area contributed by atoms with Crippen LogP contribution in [0, 0.1) is 5.92 Å². The van der Waals surface area contributed by atoms with E-state index in [2.05, 4.69) is 5.32 Å².